The van der Waals surface area contributed by atoms with Crippen LogP contribution in [0.15, 0.2) is 54.6 Å². The molecule has 7 heteroatoms. The van der Waals surface area contributed by atoms with Crippen molar-refractivity contribution in [3.8, 4) is 17.6 Å². The first kappa shape index (κ1) is 22.0. The average molecular weight is 467 g/mol. The summed E-state index contributed by atoms with van der Waals surface area (Å²) in [7, 11) is 3.20. The van der Waals surface area contributed by atoms with E-state index in [2.05, 4.69) is 6.07 Å². The van der Waals surface area contributed by atoms with Gasteiger partial charge in [0.1, 0.15) is 11.5 Å². The van der Waals surface area contributed by atoms with Crippen molar-refractivity contribution in [3.63, 3.8) is 0 Å². The van der Waals surface area contributed by atoms with Crippen LogP contribution in [0.3, 0.4) is 0 Å². The Morgan fingerprint density at radius 1 is 1.03 bits per heavy atom. The summed E-state index contributed by atoms with van der Waals surface area (Å²) in [6.07, 6.45) is 0.560. The summed E-state index contributed by atoms with van der Waals surface area (Å²) in [6, 6.07) is 17.4. The highest BCUT2D eigenvalue weighted by molar-refractivity contribution is 6.42. The fourth-order valence-corrected chi connectivity index (χ4v) is 4.67. The Kier molecular flexibility index (Phi) is 6.27. The van der Waals surface area contributed by atoms with Gasteiger partial charge in [-0.2, -0.15) is 5.26 Å². The van der Waals surface area contributed by atoms with Gasteiger partial charge >= 0.3 is 0 Å². The molecule has 1 amide bonds. The molecule has 1 aliphatic rings. The fraction of sp³-hybridized carbons (Fsp3) is 0.200. The van der Waals surface area contributed by atoms with Crippen molar-refractivity contribution >= 4 is 29.1 Å². The van der Waals surface area contributed by atoms with Gasteiger partial charge in [0, 0.05) is 17.7 Å². The maximum absolute atomic E-state index is 13.7. The van der Waals surface area contributed by atoms with Crippen LogP contribution in [-0.4, -0.2) is 31.6 Å². The summed E-state index contributed by atoms with van der Waals surface area (Å²) < 4.78 is 11.3. The van der Waals surface area contributed by atoms with Gasteiger partial charge in [-0.05, 0) is 42.3 Å². The van der Waals surface area contributed by atoms with Gasteiger partial charge in [-0.1, -0.05) is 47.5 Å². The lowest BCUT2D eigenvalue weighted by molar-refractivity contribution is 0.0691. The van der Waals surface area contributed by atoms with E-state index in [1.165, 1.54) is 0 Å². The molecule has 1 aliphatic heterocycles. The molecule has 0 radical (unpaired) electrons. The van der Waals surface area contributed by atoms with Gasteiger partial charge < -0.3 is 14.4 Å². The summed E-state index contributed by atoms with van der Waals surface area (Å²) in [6.45, 7) is 0.405. The Hall–Kier alpha value is -3.20. The van der Waals surface area contributed by atoms with Crippen LogP contribution in [0, 0.1) is 11.3 Å². The molecule has 0 saturated carbocycles. The van der Waals surface area contributed by atoms with Crippen LogP contribution >= 0.6 is 23.2 Å². The summed E-state index contributed by atoms with van der Waals surface area (Å²) in [5.74, 6) is 1.07. The van der Waals surface area contributed by atoms with Crippen molar-refractivity contribution in [3.05, 3.63) is 92.5 Å². The van der Waals surface area contributed by atoms with Gasteiger partial charge in [0.2, 0.25) is 0 Å². The van der Waals surface area contributed by atoms with Gasteiger partial charge in [-0.25, -0.2) is 0 Å². The molecule has 0 aliphatic carbocycles. The number of carbonyl (C=O) groups is 1. The molecule has 0 spiro atoms. The van der Waals surface area contributed by atoms with E-state index in [4.69, 9.17) is 32.7 Å². The van der Waals surface area contributed by atoms with Crippen LogP contribution in [0.2, 0.25) is 10.0 Å². The predicted molar refractivity (Wildman–Crippen MR) is 124 cm³/mol. The van der Waals surface area contributed by atoms with Crippen LogP contribution < -0.4 is 9.47 Å². The monoisotopic (exact) mass is 466 g/mol. The molecule has 4 rings (SSSR count). The Balaban J connectivity index is 1.97. The fourth-order valence-electron chi connectivity index (χ4n) is 4.26. The minimum atomic E-state index is -0.575. The van der Waals surface area contributed by atoms with Gasteiger partial charge in [0.15, 0.2) is 0 Å². The molecule has 3 aromatic carbocycles. The average Bonchev–Trinajstić information content (AvgIpc) is 2.83. The summed E-state index contributed by atoms with van der Waals surface area (Å²) in [5.41, 5.74) is 3.07. The number of carbonyl (C=O) groups excluding carboxylic acids is 1. The van der Waals surface area contributed by atoms with Gasteiger partial charge in [0.25, 0.3) is 5.91 Å². The number of benzene rings is 3. The molecule has 5 nitrogen and oxygen atoms in total. The van der Waals surface area contributed by atoms with Gasteiger partial charge in [-0.3, -0.25) is 4.79 Å². The number of halogens is 2. The lowest BCUT2D eigenvalue weighted by Crippen LogP contribution is -2.41. The van der Waals surface area contributed by atoms with E-state index in [0.29, 0.717) is 51.2 Å². The largest absolute Gasteiger partial charge is 0.496 e. The molecule has 1 unspecified atom stereocenters. The predicted octanol–water partition coefficient (Wildman–Crippen LogP) is 5.67. The molecule has 32 heavy (non-hydrogen) atoms. The van der Waals surface area contributed by atoms with Crippen molar-refractivity contribution in [2.45, 2.75) is 12.5 Å². The normalized spacial score (nSPS) is 15.0. The van der Waals surface area contributed by atoms with E-state index >= 15 is 0 Å². The number of nitriles is 1. The number of hydrogen-bond donors (Lipinski definition) is 0. The highest BCUT2D eigenvalue weighted by Gasteiger charge is 2.38. The first-order valence-electron chi connectivity index (χ1n) is 9.99. The smallest absolute Gasteiger partial charge is 0.255 e. The van der Waals surface area contributed by atoms with Crippen molar-refractivity contribution in [2.24, 2.45) is 0 Å². The zero-order valence-electron chi connectivity index (χ0n) is 17.6. The maximum atomic E-state index is 13.7. The Morgan fingerprint density at radius 2 is 1.75 bits per heavy atom. The molecular weight excluding hydrogens is 447 g/mol. The van der Waals surface area contributed by atoms with Crippen molar-refractivity contribution in [2.75, 3.05) is 20.8 Å². The SMILES string of the molecule is COc1ccc(OC)c2c1CCN(C(=O)c1ccccc1C#N)C2c1cccc(Cl)c1Cl. The number of rotatable bonds is 4. The van der Waals surface area contributed by atoms with Crippen molar-refractivity contribution < 1.29 is 14.3 Å². The van der Waals surface area contributed by atoms with Crippen molar-refractivity contribution in [1.29, 1.82) is 5.26 Å². The van der Waals surface area contributed by atoms with E-state index in [0.717, 1.165) is 11.1 Å². The molecule has 3 aromatic rings. The Labute approximate surface area is 196 Å². The molecule has 0 aromatic heterocycles. The van der Waals surface area contributed by atoms with E-state index in [-0.39, 0.29) is 5.91 Å². The first-order chi connectivity index (χ1) is 15.5. The van der Waals surface area contributed by atoms with Crippen LogP contribution in [-0.2, 0) is 6.42 Å². The summed E-state index contributed by atoms with van der Waals surface area (Å²) in [4.78, 5) is 15.5. The molecule has 0 fully saturated rings. The van der Waals surface area contributed by atoms with E-state index in [1.807, 2.05) is 18.2 Å². The molecule has 1 heterocycles. The number of nitrogens with zero attached hydrogens (tertiary/aromatic N) is 2. The molecule has 0 saturated heterocycles. The zero-order chi connectivity index (χ0) is 22.8. The third-order valence-corrected chi connectivity index (χ3v) is 6.55. The van der Waals surface area contributed by atoms with Crippen LogP contribution in [0.5, 0.6) is 11.5 Å². The minimum absolute atomic E-state index is 0.265. The molecule has 1 atom stereocenters. The molecule has 0 bridgehead atoms. The second-order valence-electron chi connectivity index (χ2n) is 7.31. The topological polar surface area (TPSA) is 62.6 Å². The molecular formula is C25H20Cl2N2O3. The summed E-state index contributed by atoms with van der Waals surface area (Å²) in [5, 5.41) is 10.3. The Bertz CT molecular complexity index is 1240. The number of fused-ring (bicyclic) bond motifs is 1. The lowest BCUT2D eigenvalue weighted by atomic mass is 9.86. The number of amides is 1. The van der Waals surface area contributed by atoms with Gasteiger partial charge in [0.05, 0.1) is 47.5 Å². The molecule has 0 N–H and O–H groups in total. The third kappa shape index (κ3) is 3.66. The number of hydrogen-bond acceptors (Lipinski definition) is 4. The standard InChI is InChI=1S/C25H20Cl2N2O3/c1-31-20-10-11-21(32-2)22-17(20)12-13-29(24(22)18-8-5-9-19(26)23(18)27)25(30)16-7-4-3-6-15(16)14-28/h3-11,24H,12-13H2,1-2H3. The highest BCUT2D eigenvalue weighted by atomic mass is 35.5. The second kappa shape index (κ2) is 9.12. The summed E-state index contributed by atoms with van der Waals surface area (Å²) >= 11 is 13.0. The number of methoxy groups -OCH3 is 2. The highest BCUT2D eigenvalue weighted by Crippen LogP contribution is 2.47. The van der Waals surface area contributed by atoms with Crippen LogP contribution in [0.25, 0.3) is 0 Å². The zero-order valence-corrected chi connectivity index (χ0v) is 19.1. The minimum Gasteiger partial charge on any atom is -0.496 e. The number of ether oxygens (including phenoxy) is 2. The third-order valence-electron chi connectivity index (χ3n) is 5.72. The van der Waals surface area contributed by atoms with Crippen LogP contribution in [0.4, 0.5) is 0 Å². The van der Waals surface area contributed by atoms with E-state index in [9.17, 15) is 10.1 Å². The van der Waals surface area contributed by atoms with Crippen LogP contribution in [0.1, 0.15) is 38.7 Å². The van der Waals surface area contributed by atoms with Crippen molar-refractivity contribution in [1.82, 2.24) is 4.90 Å². The van der Waals surface area contributed by atoms with E-state index < -0.39 is 6.04 Å². The first-order valence-corrected chi connectivity index (χ1v) is 10.7. The molecule has 162 valence electrons. The maximum Gasteiger partial charge on any atom is 0.255 e. The Morgan fingerprint density at radius 3 is 2.47 bits per heavy atom. The van der Waals surface area contributed by atoms with E-state index in [1.54, 1.807) is 55.5 Å². The second-order valence-corrected chi connectivity index (χ2v) is 8.10. The quantitative estimate of drug-likeness (QED) is 0.496. The van der Waals surface area contributed by atoms with Gasteiger partial charge in [-0.15, -0.1) is 0 Å². The lowest BCUT2D eigenvalue weighted by Gasteiger charge is -2.39.